The highest BCUT2D eigenvalue weighted by atomic mass is 19.1. The zero-order chi connectivity index (χ0) is 20.8. The minimum atomic E-state index is -1.01. The second-order valence-electron chi connectivity index (χ2n) is 8.47. The Balaban J connectivity index is 1.74. The lowest BCUT2D eigenvalue weighted by molar-refractivity contribution is 0.00578. The number of benzene rings is 2. The molecule has 1 saturated heterocycles. The van der Waals surface area contributed by atoms with Crippen LogP contribution in [0.5, 0.6) is 0 Å². The van der Waals surface area contributed by atoms with Gasteiger partial charge in [0.2, 0.25) is 0 Å². The van der Waals surface area contributed by atoms with Crippen LogP contribution < -0.4 is 0 Å². The molecule has 0 atom stereocenters. The minimum absolute atomic E-state index is 0.436. The van der Waals surface area contributed by atoms with Gasteiger partial charge in [0.15, 0.2) is 0 Å². The fourth-order valence-corrected chi connectivity index (χ4v) is 3.75. The summed E-state index contributed by atoms with van der Waals surface area (Å²) in [5.74, 6) is 0. The van der Waals surface area contributed by atoms with E-state index in [1.807, 2.05) is 64.1 Å². The van der Waals surface area contributed by atoms with Crippen LogP contribution >= 0.6 is 0 Å². The van der Waals surface area contributed by atoms with E-state index in [9.17, 15) is 4.39 Å². The fraction of sp³-hybridized carbons (Fsp3) is 0.348. The molecule has 0 spiro atoms. The van der Waals surface area contributed by atoms with E-state index in [4.69, 9.17) is 14.6 Å². The average molecular weight is 390 g/mol. The minimum Gasteiger partial charge on any atom is -0.398 e. The summed E-state index contributed by atoms with van der Waals surface area (Å²) in [7, 11) is -1.01. The molecule has 2 heterocycles. The van der Waals surface area contributed by atoms with Crippen molar-refractivity contribution in [2.24, 2.45) is 0 Å². The van der Waals surface area contributed by atoms with Gasteiger partial charge in [-0.2, -0.15) is 5.26 Å². The third kappa shape index (κ3) is 3.35. The predicted molar refractivity (Wildman–Crippen MR) is 115 cm³/mol. The molecule has 148 valence electrons. The monoisotopic (exact) mass is 390 g/mol. The van der Waals surface area contributed by atoms with Crippen LogP contribution in [-0.4, -0.2) is 22.9 Å². The SMILES string of the molecule is CC1(C)OB(C(F)=Cc2ccc3c(c2)c2ccccc2n3CCC#N)OC1(C)C. The van der Waals surface area contributed by atoms with Crippen molar-refractivity contribution < 1.29 is 13.7 Å². The van der Waals surface area contributed by atoms with Gasteiger partial charge in [-0.25, -0.2) is 4.39 Å². The Morgan fingerprint density at radius 1 is 1.07 bits per heavy atom. The first-order valence-electron chi connectivity index (χ1n) is 9.84. The number of fused-ring (bicyclic) bond motifs is 3. The Hall–Kier alpha value is -2.62. The smallest absolute Gasteiger partial charge is 0.398 e. The second kappa shape index (κ2) is 7.02. The van der Waals surface area contributed by atoms with Gasteiger partial charge in [0.1, 0.15) is 5.73 Å². The van der Waals surface area contributed by atoms with E-state index in [1.165, 1.54) is 6.08 Å². The lowest BCUT2D eigenvalue weighted by atomic mass is 9.86. The molecule has 0 N–H and O–H groups in total. The molecule has 0 radical (unpaired) electrons. The molecular formula is C23H24BFN2O2. The molecule has 1 aliphatic heterocycles. The van der Waals surface area contributed by atoms with Gasteiger partial charge < -0.3 is 13.9 Å². The first-order valence-corrected chi connectivity index (χ1v) is 9.84. The van der Waals surface area contributed by atoms with Crippen LogP contribution in [0, 0.1) is 11.3 Å². The molecule has 0 unspecified atom stereocenters. The van der Waals surface area contributed by atoms with Gasteiger partial charge in [-0.3, -0.25) is 0 Å². The Labute approximate surface area is 170 Å². The van der Waals surface area contributed by atoms with Crippen LogP contribution in [0.25, 0.3) is 27.9 Å². The lowest BCUT2D eigenvalue weighted by Crippen LogP contribution is -2.41. The van der Waals surface area contributed by atoms with Crippen molar-refractivity contribution in [3.8, 4) is 6.07 Å². The number of rotatable bonds is 4. The number of nitriles is 1. The molecular weight excluding hydrogens is 366 g/mol. The van der Waals surface area contributed by atoms with Crippen LogP contribution in [0.1, 0.15) is 39.7 Å². The van der Waals surface area contributed by atoms with Crippen molar-refractivity contribution in [1.29, 1.82) is 5.26 Å². The summed E-state index contributed by atoms with van der Waals surface area (Å²) < 4.78 is 28.7. The quantitative estimate of drug-likeness (QED) is 0.541. The number of halogens is 1. The topological polar surface area (TPSA) is 47.2 Å². The predicted octanol–water partition coefficient (Wildman–Crippen LogP) is 5.65. The van der Waals surface area contributed by atoms with E-state index in [1.54, 1.807) is 0 Å². The Morgan fingerprint density at radius 2 is 1.72 bits per heavy atom. The zero-order valence-electron chi connectivity index (χ0n) is 17.2. The Kier molecular flexibility index (Phi) is 4.76. The number of hydrogen-bond donors (Lipinski definition) is 0. The summed E-state index contributed by atoms with van der Waals surface area (Å²) in [5.41, 5.74) is 1.24. The summed E-state index contributed by atoms with van der Waals surface area (Å²) in [5, 5.41) is 11.1. The van der Waals surface area contributed by atoms with Crippen LogP contribution in [0.2, 0.25) is 0 Å². The molecule has 0 aliphatic carbocycles. The van der Waals surface area contributed by atoms with Crippen molar-refractivity contribution in [1.82, 2.24) is 4.57 Å². The number of para-hydroxylation sites is 1. The third-order valence-electron chi connectivity index (χ3n) is 6.03. The Morgan fingerprint density at radius 3 is 2.41 bits per heavy atom. The first-order chi connectivity index (χ1) is 13.7. The van der Waals surface area contributed by atoms with Gasteiger partial charge in [-0.05, 0) is 57.5 Å². The van der Waals surface area contributed by atoms with Crippen LogP contribution in [0.3, 0.4) is 0 Å². The van der Waals surface area contributed by atoms with Gasteiger partial charge in [-0.15, -0.1) is 0 Å². The molecule has 29 heavy (non-hydrogen) atoms. The van der Waals surface area contributed by atoms with E-state index in [0.29, 0.717) is 13.0 Å². The van der Waals surface area contributed by atoms with Crippen molar-refractivity contribution in [3.05, 3.63) is 53.8 Å². The van der Waals surface area contributed by atoms with Crippen LogP contribution in [0.15, 0.2) is 48.2 Å². The first kappa shape index (κ1) is 19.7. The maximum atomic E-state index is 14.9. The highest BCUT2D eigenvalue weighted by Gasteiger charge is 2.53. The highest BCUT2D eigenvalue weighted by Crippen LogP contribution is 2.39. The fourth-order valence-electron chi connectivity index (χ4n) is 3.75. The maximum Gasteiger partial charge on any atom is 0.525 e. The summed E-state index contributed by atoms with van der Waals surface area (Å²) in [6.07, 6.45) is 1.91. The Bertz CT molecular complexity index is 1140. The molecule has 1 fully saturated rings. The third-order valence-corrected chi connectivity index (χ3v) is 6.03. The van der Waals surface area contributed by atoms with Gasteiger partial charge >= 0.3 is 7.12 Å². The van der Waals surface area contributed by atoms with E-state index in [-0.39, 0.29) is 0 Å². The maximum absolute atomic E-state index is 14.9. The van der Waals surface area contributed by atoms with Crippen molar-refractivity contribution in [2.45, 2.75) is 51.9 Å². The van der Waals surface area contributed by atoms with Crippen LogP contribution in [0.4, 0.5) is 4.39 Å². The number of hydrogen-bond acceptors (Lipinski definition) is 3. The molecule has 3 aromatic rings. The van der Waals surface area contributed by atoms with Gasteiger partial charge in [0.05, 0.1) is 23.7 Å². The summed E-state index contributed by atoms with van der Waals surface area (Å²) in [4.78, 5) is 0. The summed E-state index contributed by atoms with van der Waals surface area (Å²) in [6, 6.07) is 16.1. The van der Waals surface area contributed by atoms with E-state index in [2.05, 4.69) is 16.7 Å². The second-order valence-corrected chi connectivity index (χ2v) is 8.47. The molecule has 4 nitrogen and oxygen atoms in total. The number of aryl methyl sites for hydroxylation is 1. The summed E-state index contributed by atoms with van der Waals surface area (Å²) >= 11 is 0. The molecule has 2 aromatic carbocycles. The molecule has 1 aromatic heterocycles. The van der Waals surface area contributed by atoms with Crippen molar-refractivity contribution >= 4 is 35.0 Å². The molecule has 1 aliphatic rings. The van der Waals surface area contributed by atoms with Crippen molar-refractivity contribution in [2.75, 3.05) is 0 Å². The molecule has 0 saturated carbocycles. The van der Waals surface area contributed by atoms with Crippen LogP contribution in [-0.2, 0) is 15.9 Å². The van der Waals surface area contributed by atoms with Gasteiger partial charge in [0.25, 0.3) is 0 Å². The largest absolute Gasteiger partial charge is 0.525 e. The van der Waals surface area contributed by atoms with Gasteiger partial charge in [0, 0.05) is 28.4 Å². The van der Waals surface area contributed by atoms with E-state index in [0.717, 1.165) is 27.4 Å². The molecule has 0 bridgehead atoms. The molecule has 6 heteroatoms. The van der Waals surface area contributed by atoms with Crippen molar-refractivity contribution in [3.63, 3.8) is 0 Å². The van der Waals surface area contributed by atoms with E-state index < -0.39 is 24.0 Å². The standard InChI is InChI=1S/C23H24BFN2O2/c1-22(2)23(3,4)29-24(28-22)21(25)15-16-10-11-20-18(14-16)17-8-5-6-9-19(17)27(20)13-7-12-26/h5-6,8-11,14-15H,7,13H2,1-4H3. The van der Waals surface area contributed by atoms with E-state index >= 15 is 0 Å². The normalized spacial score (nSPS) is 18.5. The lowest BCUT2D eigenvalue weighted by Gasteiger charge is -2.32. The molecule has 4 rings (SSSR count). The molecule has 0 amide bonds. The zero-order valence-corrected chi connectivity index (χ0v) is 17.2. The number of aromatic nitrogens is 1. The number of nitrogens with zero attached hydrogens (tertiary/aromatic N) is 2. The van der Waals surface area contributed by atoms with Gasteiger partial charge in [-0.1, -0.05) is 24.3 Å². The average Bonchev–Trinajstić information content (AvgIpc) is 3.10. The summed E-state index contributed by atoms with van der Waals surface area (Å²) in [6.45, 7) is 8.24. The highest BCUT2D eigenvalue weighted by molar-refractivity contribution is 6.54.